The van der Waals surface area contributed by atoms with Crippen molar-refractivity contribution in [2.45, 2.75) is 19.3 Å². The van der Waals surface area contributed by atoms with E-state index in [2.05, 4.69) is 0 Å². The summed E-state index contributed by atoms with van der Waals surface area (Å²) >= 11 is 0. The van der Waals surface area contributed by atoms with E-state index in [1.165, 1.54) is 0 Å². The minimum atomic E-state index is -0.817. The number of aliphatic carboxylic acids is 1. The van der Waals surface area contributed by atoms with Gasteiger partial charge in [0.05, 0.1) is 18.9 Å². The first-order valence-electron chi connectivity index (χ1n) is 6.85. The Kier molecular flexibility index (Phi) is 4.98. The molecule has 5 nitrogen and oxygen atoms in total. The van der Waals surface area contributed by atoms with Crippen molar-refractivity contribution in [3.63, 3.8) is 0 Å². The largest absolute Gasteiger partial charge is 0.493 e. The Bertz CT molecular complexity index is 460. The SMILES string of the molecule is O=C(O)[C@H]1CCCN(C(=O)CCOc2ccccc2)C1. The molecule has 1 aliphatic rings. The Balaban J connectivity index is 1.75. The van der Waals surface area contributed by atoms with E-state index >= 15 is 0 Å². The van der Waals surface area contributed by atoms with Crippen molar-refractivity contribution < 1.29 is 19.4 Å². The lowest BCUT2D eigenvalue weighted by atomic mass is 9.98. The number of benzene rings is 1. The second-order valence-electron chi connectivity index (χ2n) is 4.93. The third-order valence-corrected chi connectivity index (χ3v) is 3.45. The zero-order chi connectivity index (χ0) is 14.4. The first kappa shape index (κ1) is 14.4. The fourth-order valence-corrected chi connectivity index (χ4v) is 2.34. The Morgan fingerprint density at radius 2 is 2.05 bits per heavy atom. The van der Waals surface area contributed by atoms with Crippen LogP contribution in [0.4, 0.5) is 0 Å². The molecule has 0 aliphatic carbocycles. The summed E-state index contributed by atoms with van der Waals surface area (Å²) in [4.78, 5) is 24.6. The molecule has 0 aromatic heterocycles. The number of ether oxygens (including phenoxy) is 1. The van der Waals surface area contributed by atoms with Crippen molar-refractivity contribution in [2.75, 3.05) is 19.7 Å². The fourth-order valence-electron chi connectivity index (χ4n) is 2.34. The Labute approximate surface area is 118 Å². The van der Waals surface area contributed by atoms with Crippen LogP contribution in [-0.2, 0) is 9.59 Å². The number of nitrogens with zero attached hydrogens (tertiary/aromatic N) is 1. The van der Waals surface area contributed by atoms with Crippen molar-refractivity contribution in [2.24, 2.45) is 5.92 Å². The molecule has 0 saturated carbocycles. The van der Waals surface area contributed by atoms with Crippen LogP contribution in [0.5, 0.6) is 5.75 Å². The third kappa shape index (κ3) is 3.98. The zero-order valence-corrected chi connectivity index (χ0v) is 11.3. The van der Waals surface area contributed by atoms with Crippen LogP contribution in [0.3, 0.4) is 0 Å². The normalized spacial score (nSPS) is 18.6. The molecule has 1 N–H and O–H groups in total. The van der Waals surface area contributed by atoms with Gasteiger partial charge in [0, 0.05) is 13.1 Å². The first-order chi connectivity index (χ1) is 9.66. The van der Waals surface area contributed by atoms with E-state index in [4.69, 9.17) is 9.84 Å². The van der Waals surface area contributed by atoms with Gasteiger partial charge in [-0.1, -0.05) is 18.2 Å². The second kappa shape index (κ2) is 6.93. The average Bonchev–Trinajstić information content (AvgIpc) is 2.48. The predicted octanol–water partition coefficient (Wildman–Crippen LogP) is 1.78. The number of amides is 1. The highest BCUT2D eigenvalue weighted by atomic mass is 16.5. The molecule has 1 aromatic carbocycles. The molecule has 1 atom stereocenters. The van der Waals surface area contributed by atoms with Crippen LogP contribution in [0.15, 0.2) is 30.3 Å². The van der Waals surface area contributed by atoms with Gasteiger partial charge in [-0.3, -0.25) is 9.59 Å². The number of carbonyl (C=O) groups excluding carboxylic acids is 1. The molecule has 1 saturated heterocycles. The van der Waals surface area contributed by atoms with Gasteiger partial charge < -0.3 is 14.7 Å². The molecule has 1 heterocycles. The monoisotopic (exact) mass is 277 g/mol. The predicted molar refractivity (Wildman–Crippen MR) is 73.5 cm³/mol. The van der Waals surface area contributed by atoms with E-state index in [-0.39, 0.29) is 12.3 Å². The maximum Gasteiger partial charge on any atom is 0.308 e. The van der Waals surface area contributed by atoms with Gasteiger partial charge >= 0.3 is 5.97 Å². The van der Waals surface area contributed by atoms with Crippen LogP contribution in [-0.4, -0.2) is 41.6 Å². The lowest BCUT2D eigenvalue weighted by molar-refractivity contribution is -0.145. The van der Waals surface area contributed by atoms with E-state index in [0.29, 0.717) is 26.1 Å². The smallest absolute Gasteiger partial charge is 0.308 e. The Morgan fingerprint density at radius 1 is 1.30 bits per heavy atom. The quantitative estimate of drug-likeness (QED) is 0.891. The molecule has 1 amide bonds. The standard InChI is InChI=1S/C15H19NO4/c17-14(8-10-20-13-6-2-1-3-7-13)16-9-4-5-12(11-16)15(18)19/h1-3,6-7,12H,4-5,8-11H2,(H,18,19)/t12-/m0/s1. The lowest BCUT2D eigenvalue weighted by Crippen LogP contribution is -2.42. The Hall–Kier alpha value is -2.04. The second-order valence-corrected chi connectivity index (χ2v) is 4.93. The summed E-state index contributed by atoms with van der Waals surface area (Å²) in [5, 5.41) is 9.00. The molecule has 0 unspecified atom stereocenters. The lowest BCUT2D eigenvalue weighted by Gasteiger charge is -2.30. The summed E-state index contributed by atoms with van der Waals surface area (Å²) in [5.41, 5.74) is 0. The zero-order valence-electron chi connectivity index (χ0n) is 11.3. The summed E-state index contributed by atoms with van der Waals surface area (Å²) in [7, 11) is 0. The highest BCUT2D eigenvalue weighted by Gasteiger charge is 2.27. The van der Waals surface area contributed by atoms with Crippen LogP contribution >= 0.6 is 0 Å². The van der Waals surface area contributed by atoms with Crippen molar-refractivity contribution in [1.29, 1.82) is 0 Å². The van der Waals surface area contributed by atoms with Gasteiger partial charge in [-0.15, -0.1) is 0 Å². The van der Waals surface area contributed by atoms with Crippen molar-refractivity contribution >= 4 is 11.9 Å². The number of likely N-dealkylation sites (tertiary alicyclic amines) is 1. The van der Waals surface area contributed by atoms with E-state index in [9.17, 15) is 9.59 Å². The number of rotatable bonds is 5. The molecule has 0 radical (unpaired) electrons. The molecule has 108 valence electrons. The summed E-state index contributed by atoms with van der Waals surface area (Å²) < 4.78 is 5.48. The molecule has 5 heteroatoms. The van der Waals surface area contributed by atoms with Crippen LogP contribution in [0.2, 0.25) is 0 Å². The number of piperidine rings is 1. The van der Waals surface area contributed by atoms with Crippen molar-refractivity contribution in [1.82, 2.24) is 4.90 Å². The molecular formula is C15H19NO4. The molecule has 2 rings (SSSR count). The molecular weight excluding hydrogens is 258 g/mol. The minimum absolute atomic E-state index is 0.0353. The highest BCUT2D eigenvalue weighted by Crippen LogP contribution is 2.17. The van der Waals surface area contributed by atoms with Gasteiger partial charge in [-0.2, -0.15) is 0 Å². The number of para-hydroxylation sites is 1. The molecule has 0 spiro atoms. The van der Waals surface area contributed by atoms with Crippen molar-refractivity contribution in [3.05, 3.63) is 30.3 Å². The number of carbonyl (C=O) groups is 2. The topological polar surface area (TPSA) is 66.8 Å². The van der Waals surface area contributed by atoms with Gasteiger partial charge in [-0.25, -0.2) is 0 Å². The Morgan fingerprint density at radius 3 is 2.75 bits per heavy atom. The fraction of sp³-hybridized carbons (Fsp3) is 0.467. The molecule has 1 aromatic rings. The van der Waals surface area contributed by atoms with E-state index in [1.54, 1.807) is 4.90 Å². The van der Waals surface area contributed by atoms with E-state index in [1.807, 2.05) is 30.3 Å². The van der Waals surface area contributed by atoms with E-state index in [0.717, 1.165) is 12.2 Å². The van der Waals surface area contributed by atoms with Gasteiger partial charge in [0.15, 0.2) is 0 Å². The molecule has 1 fully saturated rings. The molecule has 1 aliphatic heterocycles. The van der Waals surface area contributed by atoms with E-state index < -0.39 is 11.9 Å². The number of hydrogen-bond donors (Lipinski definition) is 1. The van der Waals surface area contributed by atoms with Gasteiger partial charge in [0.2, 0.25) is 5.91 Å². The average molecular weight is 277 g/mol. The summed E-state index contributed by atoms with van der Waals surface area (Å²) in [6.45, 7) is 1.28. The van der Waals surface area contributed by atoms with Crippen LogP contribution < -0.4 is 4.74 Å². The summed E-state index contributed by atoms with van der Waals surface area (Å²) in [6.07, 6.45) is 1.68. The third-order valence-electron chi connectivity index (χ3n) is 3.45. The maximum absolute atomic E-state index is 12.0. The van der Waals surface area contributed by atoms with Gasteiger partial charge in [0.1, 0.15) is 5.75 Å². The molecule has 20 heavy (non-hydrogen) atoms. The van der Waals surface area contributed by atoms with Gasteiger partial charge in [-0.05, 0) is 25.0 Å². The maximum atomic E-state index is 12.0. The first-order valence-corrected chi connectivity index (χ1v) is 6.85. The van der Waals surface area contributed by atoms with Gasteiger partial charge in [0.25, 0.3) is 0 Å². The highest BCUT2D eigenvalue weighted by molar-refractivity contribution is 5.78. The van der Waals surface area contributed by atoms with Crippen LogP contribution in [0.1, 0.15) is 19.3 Å². The van der Waals surface area contributed by atoms with Crippen LogP contribution in [0.25, 0.3) is 0 Å². The minimum Gasteiger partial charge on any atom is -0.493 e. The summed E-state index contributed by atoms with van der Waals surface area (Å²) in [6, 6.07) is 9.33. The van der Waals surface area contributed by atoms with Crippen molar-refractivity contribution in [3.8, 4) is 5.75 Å². The summed E-state index contributed by atoms with van der Waals surface area (Å²) in [5.74, 6) is -0.542. The number of carboxylic acid groups (broad SMARTS) is 1. The molecule has 0 bridgehead atoms. The van der Waals surface area contributed by atoms with Crippen LogP contribution in [0, 0.1) is 5.92 Å². The number of carboxylic acids is 1. The number of hydrogen-bond acceptors (Lipinski definition) is 3.